The van der Waals surface area contributed by atoms with Crippen LogP contribution in [0, 0.1) is 0 Å². The quantitative estimate of drug-likeness (QED) is 0.751. The molecule has 0 saturated carbocycles. The minimum atomic E-state index is -4.06. The van der Waals surface area contributed by atoms with Crippen LogP contribution in [0.15, 0.2) is 58.5 Å². The predicted molar refractivity (Wildman–Crippen MR) is 78.3 cm³/mol. The number of benzene rings is 1. The molecule has 1 aromatic heterocycles. The summed E-state index contributed by atoms with van der Waals surface area (Å²) in [5.74, 6) is 0. The first kappa shape index (κ1) is 15.4. The monoisotopic (exact) mass is 308 g/mol. The lowest BCUT2D eigenvalue weighted by atomic mass is 9.94. The minimum absolute atomic E-state index is 0.388. The Bertz CT molecular complexity index is 771. The molecular weight excluding hydrogens is 292 g/mol. The van der Waals surface area contributed by atoms with Gasteiger partial charge in [-0.05, 0) is 12.5 Å². The molecule has 0 bridgehead atoms. The van der Waals surface area contributed by atoms with Gasteiger partial charge in [0.2, 0.25) is 15.5 Å². The van der Waals surface area contributed by atoms with Crippen molar-refractivity contribution in [2.45, 2.75) is 17.4 Å². The molecule has 0 radical (unpaired) electrons. The Kier molecular flexibility index (Phi) is 4.26. The summed E-state index contributed by atoms with van der Waals surface area (Å²) < 4.78 is 27.1. The highest BCUT2D eigenvalue weighted by Crippen LogP contribution is 2.22. The second-order valence-corrected chi connectivity index (χ2v) is 6.49. The van der Waals surface area contributed by atoms with Crippen LogP contribution in [-0.2, 0) is 15.6 Å². The zero-order chi connectivity index (χ0) is 15.5. The molecule has 0 aliphatic rings. The average Bonchev–Trinajstić information content (AvgIpc) is 2.48. The fourth-order valence-corrected chi connectivity index (χ4v) is 3.39. The zero-order valence-corrected chi connectivity index (χ0v) is 12.2. The van der Waals surface area contributed by atoms with Crippen LogP contribution in [0.2, 0.25) is 0 Å². The smallest absolute Gasteiger partial charge is 0.246 e. The van der Waals surface area contributed by atoms with E-state index in [2.05, 4.69) is 9.71 Å². The van der Waals surface area contributed by atoms with Gasteiger partial charge in [-0.1, -0.05) is 30.3 Å². The van der Waals surface area contributed by atoms with Crippen molar-refractivity contribution in [1.82, 2.24) is 9.71 Å². The molecule has 112 valence electrons. The van der Waals surface area contributed by atoms with E-state index in [1.807, 2.05) is 0 Å². The topological polar surface area (TPSA) is 99.3 Å². The maximum absolute atomic E-state index is 12.4. The molecule has 6 nitrogen and oxygen atoms in total. The molecular formula is C14H16N2O4S. The van der Waals surface area contributed by atoms with Crippen molar-refractivity contribution in [3.8, 4) is 0 Å². The number of aliphatic hydroxyl groups excluding tert-OH is 1. The first-order chi connectivity index (χ1) is 9.89. The van der Waals surface area contributed by atoms with E-state index in [1.165, 1.54) is 6.20 Å². The number of hydrogen-bond acceptors (Lipinski definition) is 4. The number of aromatic nitrogens is 1. The standard InChI is InChI=1S/C14H16N2O4S/c1-14(10-17,11-5-3-2-4-6-11)16-21(19,20)13-9-15-8-7-12(13)18/h2-9,16-17H,10H2,1H3,(H,15,18). The largest absolute Gasteiger partial charge is 0.394 e. The number of hydrogen-bond donors (Lipinski definition) is 3. The zero-order valence-electron chi connectivity index (χ0n) is 11.4. The highest BCUT2D eigenvalue weighted by atomic mass is 32.2. The maximum atomic E-state index is 12.4. The number of aliphatic hydroxyl groups is 1. The summed E-state index contributed by atoms with van der Waals surface area (Å²) in [5, 5.41) is 9.61. The van der Waals surface area contributed by atoms with Gasteiger partial charge in [-0.15, -0.1) is 0 Å². The van der Waals surface area contributed by atoms with Crippen LogP contribution >= 0.6 is 0 Å². The lowest BCUT2D eigenvalue weighted by Gasteiger charge is -2.28. The van der Waals surface area contributed by atoms with E-state index in [0.29, 0.717) is 5.56 Å². The van der Waals surface area contributed by atoms with Gasteiger partial charge in [-0.25, -0.2) is 8.42 Å². The van der Waals surface area contributed by atoms with Crippen molar-refractivity contribution in [3.63, 3.8) is 0 Å². The number of rotatable bonds is 5. The van der Waals surface area contributed by atoms with Crippen LogP contribution in [0.3, 0.4) is 0 Å². The van der Waals surface area contributed by atoms with Gasteiger partial charge in [0, 0.05) is 18.5 Å². The van der Waals surface area contributed by atoms with Crippen LogP contribution in [0.4, 0.5) is 0 Å². The summed E-state index contributed by atoms with van der Waals surface area (Å²) in [4.78, 5) is 13.9. The summed E-state index contributed by atoms with van der Waals surface area (Å²) in [6, 6.07) is 9.81. The molecule has 1 atom stereocenters. The van der Waals surface area contributed by atoms with E-state index in [-0.39, 0.29) is 4.90 Å². The Balaban J connectivity index is 2.43. The second-order valence-electron chi connectivity index (χ2n) is 4.83. The van der Waals surface area contributed by atoms with E-state index < -0.39 is 27.6 Å². The minimum Gasteiger partial charge on any atom is -0.394 e. The third-order valence-corrected chi connectivity index (χ3v) is 4.78. The molecule has 7 heteroatoms. The number of pyridine rings is 1. The first-order valence-electron chi connectivity index (χ1n) is 6.26. The molecule has 0 spiro atoms. The maximum Gasteiger partial charge on any atom is 0.246 e. The van der Waals surface area contributed by atoms with Crippen LogP contribution < -0.4 is 10.2 Å². The number of sulfonamides is 1. The predicted octanol–water partition coefficient (Wildman–Crippen LogP) is 0.561. The molecule has 0 amide bonds. The molecule has 1 unspecified atom stereocenters. The third kappa shape index (κ3) is 3.21. The Hall–Kier alpha value is -1.96. The van der Waals surface area contributed by atoms with Gasteiger partial charge in [-0.2, -0.15) is 4.72 Å². The lowest BCUT2D eigenvalue weighted by molar-refractivity contribution is 0.196. The van der Waals surface area contributed by atoms with E-state index in [0.717, 1.165) is 12.3 Å². The van der Waals surface area contributed by atoms with Crippen molar-refractivity contribution >= 4 is 10.0 Å². The molecule has 2 rings (SSSR count). The third-order valence-electron chi connectivity index (χ3n) is 3.16. The van der Waals surface area contributed by atoms with Crippen LogP contribution in [0.25, 0.3) is 0 Å². The van der Waals surface area contributed by atoms with Gasteiger partial charge in [0.05, 0.1) is 12.1 Å². The molecule has 1 heterocycles. The van der Waals surface area contributed by atoms with Crippen molar-refractivity contribution in [1.29, 1.82) is 0 Å². The Morgan fingerprint density at radius 3 is 2.48 bits per heavy atom. The van der Waals surface area contributed by atoms with E-state index in [1.54, 1.807) is 37.3 Å². The Labute approximate surface area is 122 Å². The Morgan fingerprint density at radius 1 is 1.24 bits per heavy atom. The molecule has 0 saturated heterocycles. The molecule has 0 aliphatic carbocycles. The average molecular weight is 308 g/mol. The Morgan fingerprint density at radius 2 is 1.90 bits per heavy atom. The number of H-pyrrole nitrogens is 1. The van der Waals surface area contributed by atoms with Gasteiger partial charge >= 0.3 is 0 Å². The summed E-state index contributed by atoms with van der Waals surface area (Å²) >= 11 is 0. The van der Waals surface area contributed by atoms with Gasteiger partial charge in [0.15, 0.2) is 0 Å². The van der Waals surface area contributed by atoms with Crippen molar-refractivity contribution in [2.24, 2.45) is 0 Å². The molecule has 2 aromatic rings. The SMILES string of the molecule is CC(CO)(NS(=O)(=O)c1c[nH]ccc1=O)c1ccccc1. The lowest BCUT2D eigenvalue weighted by Crippen LogP contribution is -2.47. The molecule has 0 fully saturated rings. The molecule has 21 heavy (non-hydrogen) atoms. The van der Waals surface area contributed by atoms with Crippen molar-refractivity contribution in [3.05, 3.63) is 64.6 Å². The van der Waals surface area contributed by atoms with Gasteiger partial charge in [-0.3, -0.25) is 4.79 Å². The van der Waals surface area contributed by atoms with Crippen LogP contribution in [-0.4, -0.2) is 25.1 Å². The van der Waals surface area contributed by atoms with Gasteiger partial charge < -0.3 is 10.1 Å². The van der Waals surface area contributed by atoms with Gasteiger partial charge in [0.1, 0.15) is 4.90 Å². The van der Waals surface area contributed by atoms with Gasteiger partial charge in [0.25, 0.3) is 0 Å². The fourth-order valence-electron chi connectivity index (χ4n) is 1.95. The van der Waals surface area contributed by atoms with E-state index in [4.69, 9.17) is 0 Å². The van der Waals surface area contributed by atoms with Crippen LogP contribution in [0.5, 0.6) is 0 Å². The fraction of sp³-hybridized carbons (Fsp3) is 0.214. The number of aromatic amines is 1. The summed E-state index contributed by atoms with van der Waals surface area (Å²) in [6.07, 6.45) is 2.47. The summed E-state index contributed by atoms with van der Waals surface area (Å²) in [5.41, 5.74) is -1.24. The summed E-state index contributed by atoms with van der Waals surface area (Å²) in [7, 11) is -4.06. The van der Waals surface area contributed by atoms with E-state index >= 15 is 0 Å². The summed E-state index contributed by atoms with van der Waals surface area (Å²) in [6.45, 7) is 1.11. The number of nitrogens with one attached hydrogen (secondary N) is 2. The highest BCUT2D eigenvalue weighted by Gasteiger charge is 2.32. The molecule has 1 aromatic carbocycles. The normalized spacial score (nSPS) is 14.6. The van der Waals surface area contributed by atoms with E-state index in [9.17, 15) is 18.3 Å². The van der Waals surface area contributed by atoms with Crippen LogP contribution in [0.1, 0.15) is 12.5 Å². The first-order valence-corrected chi connectivity index (χ1v) is 7.75. The van der Waals surface area contributed by atoms with Crippen molar-refractivity contribution in [2.75, 3.05) is 6.61 Å². The van der Waals surface area contributed by atoms with Crippen molar-refractivity contribution < 1.29 is 13.5 Å². The molecule has 3 N–H and O–H groups in total. The highest BCUT2D eigenvalue weighted by molar-refractivity contribution is 7.89. The second kappa shape index (κ2) is 5.80. The molecule has 0 aliphatic heterocycles.